The van der Waals surface area contributed by atoms with E-state index >= 15 is 0 Å². The summed E-state index contributed by atoms with van der Waals surface area (Å²) in [5, 5.41) is 21.3. The summed E-state index contributed by atoms with van der Waals surface area (Å²) < 4.78 is 0. The molecule has 3 aromatic rings. The maximum Gasteiger partial charge on any atom is 0.227 e. The van der Waals surface area contributed by atoms with E-state index in [-0.39, 0.29) is 5.92 Å². The van der Waals surface area contributed by atoms with Gasteiger partial charge in [-0.05, 0) is 101 Å². The predicted octanol–water partition coefficient (Wildman–Crippen LogP) is 4.58. The number of nitrogens with one attached hydrogen (secondary N) is 3. The van der Waals surface area contributed by atoms with Crippen LogP contribution in [0.25, 0.3) is 11.3 Å². The van der Waals surface area contributed by atoms with Crippen molar-refractivity contribution in [2.75, 3.05) is 43.9 Å². The molecule has 8 nitrogen and oxygen atoms in total. The van der Waals surface area contributed by atoms with Crippen LogP contribution in [-0.4, -0.2) is 70.4 Å². The minimum absolute atomic E-state index is 0.286. The Kier molecular flexibility index (Phi) is 8.77. The van der Waals surface area contributed by atoms with Crippen LogP contribution in [0.5, 0.6) is 0 Å². The van der Waals surface area contributed by atoms with Crippen molar-refractivity contribution in [2.45, 2.75) is 59.0 Å². The number of aliphatic hydroxyl groups is 1. The number of rotatable bonds is 2. The minimum Gasteiger partial charge on any atom is -0.383 e. The zero-order valence-corrected chi connectivity index (χ0v) is 23.7. The fraction of sp³-hybridized carbons (Fsp3) is 0.484. The van der Waals surface area contributed by atoms with Gasteiger partial charge in [0.15, 0.2) is 0 Å². The average molecular weight is 530 g/mol. The maximum atomic E-state index is 10.9. The molecular formula is C31H43N7O. The zero-order valence-electron chi connectivity index (χ0n) is 23.7. The fourth-order valence-corrected chi connectivity index (χ4v) is 5.61. The summed E-state index contributed by atoms with van der Waals surface area (Å²) in [6.07, 6.45) is 3.35. The van der Waals surface area contributed by atoms with E-state index in [2.05, 4.69) is 95.0 Å². The molecule has 1 fully saturated rings. The Balaban J connectivity index is 1.48. The number of hydrogen-bond acceptors (Lipinski definition) is 8. The minimum atomic E-state index is -0.459. The Morgan fingerprint density at radius 3 is 2.64 bits per heavy atom. The number of nitrogens with zero attached hydrogens (tertiary/aromatic N) is 4. The van der Waals surface area contributed by atoms with Crippen molar-refractivity contribution in [1.82, 2.24) is 25.1 Å². The lowest BCUT2D eigenvalue weighted by atomic mass is 9.94. The first-order valence-corrected chi connectivity index (χ1v) is 14.3. The van der Waals surface area contributed by atoms with Crippen molar-refractivity contribution in [2.24, 2.45) is 5.92 Å². The topological polar surface area (TPSA) is 88.6 Å². The second-order valence-electron chi connectivity index (χ2n) is 11.5. The van der Waals surface area contributed by atoms with E-state index in [9.17, 15) is 5.11 Å². The standard InChI is InChI=1S/C31H43N7O/c1-21(2)34-27-15-23-16-28(18-27)35-31-33-10-7-29(36-31)25-6-5-22(3)26(17-25)20-37(4)14-11-32-30(39)24-8-12-38(19-23)13-9-24/h5-7,10,15-18,21,24,30,32,34,39H,8-9,11-14,19-20H2,1-4H3,(H,33,35,36). The van der Waals surface area contributed by atoms with Crippen LogP contribution in [0.1, 0.15) is 43.4 Å². The number of hydrogen-bond donors (Lipinski definition) is 4. The third-order valence-corrected chi connectivity index (χ3v) is 7.78. The molecular weight excluding hydrogens is 486 g/mol. The summed E-state index contributed by atoms with van der Waals surface area (Å²) in [7, 11) is 2.14. The van der Waals surface area contributed by atoms with Crippen LogP contribution in [0.2, 0.25) is 0 Å². The SMILES string of the molecule is Cc1ccc2cc1CN(C)CCNC(O)C1CCN(CC1)Cc1cc(cc(NC(C)C)c1)Nc1nccc-2n1. The first-order valence-electron chi connectivity index (χ1n) is 14.3. The first kappa shape index (κ1) is 27.5. The van der Waals surface area contributed by atoms with Crippen LogP contribution >= 0.6 is 0 Å². The molecule has 1 saturated heterocycles. The van der Waals surface area contributed by atoms with E-state index in [1.165, 1.54) is 16.7 Å². The Labute approximate surface area is 232 Å². The van der Waals surface area contributed by atoms with Gasteiger partial charge in [-0.1, -0.05) is 12.1 Å². The number of likely N-dealkylation sites (N-methyl/N-ethyl adjacent to an activating group) is 1. The summed E-state index contributed by atoms with van der Waals surface area (Å²) in [5.74, 6) is 0.875. The summed E-state index contributed by atoms with van der Waals surface area (Å²) in [6, 6.07) is 15.4. The Hall–Kier alpha value is -3.04. The monoisotopic (exact) mass is 529 g/mol. The van der Waals surface area contributed by atoms with Crippen LogP contribution in [0.4, 0.5) is 17.3 Å². The first-order chi connectivity index (χ1) is 18.8. The largest absolute Gasteiger partial charge is 0.383 e. The quantitative estimate of drug-likeness (QED) is 0.384. The summed E-state index contributed by atoms with van der Waals surface area (Å²) in [6.45, 7) is 11.8. The van der Waals surface area contributed by atoms with Crippen molar-refractivity contribution in [3.63, 3.8) is 0 Å². The normalized spacial score (nSPS) is 22.7. The van der Waals surface area contributed by atoms with Crippen molar-refractivity contribution < 1.29 is 5.11 Å². The van der Waals surface area contributed by atoms with E-state index in [1.807, 2.05) is 12.3 Å². The highest BCUT2D eigenvalue weighted by atomic mass is 16.3. The molecule has 0 saturated carbocycles. The molecule has 8 heteroatoms. The van der Waals surface area contributed by atoms with Gasteiger partial charge >= 0.3 is 0 Å². The molecule has 2 aromatic carbocycles. The highest BCUT2D eigenvalue weighted by Gasteiger charge is 2.25. The smallest absolute Gasteiger partial charge is 0.227 e. The molecule has 0 radical (unpaired) electrons. The van der Waals surface area contributed by atoms with Gasteiger partial charge in [-0.15, -0.1) is 0 Å². The molecule has 4 heterocycles. The second kappa shape index (κ2) is 12.4. The van der Waals surface area contributed by atoms with E-state index < -0.39 is 6.23 Å². The third kappa shape index (κ3) is 7.33. The van der Waals surface area contributed by atoms with E-state index in [4.69, 9.17) is 4.98 Å². The van der Waals surface area contributed by atoms with Crippen LogP contribution in [0.3, 0.4) is 0 Å². The van der Waals surface area contributed by atoms with Crippen LogP contribution in [0.15, 0.2) is 48.7 Å². The van der Waals surface area contributed by atoms with Crippen LogP contribution in [0, 0.1) is 12.8 Å². The highest BCUT2D eigenvalue weighted by Crippen LogP contribution is 2.27. The van der Waals surface area contributed by atoms with E-state index in [1.54, 1.807) is 0 Å². The van der Waals surface area contributed by atoms with Gasteiger partial charge in [-0.25, -0.2) is 9.97 Å². The predicted molar refractivity (Wildman–Crippen MR) is 159 cm³/mol. The molecule has 4 N–H and O–H groups in total. The molecule has 8 bridgehead atoms. The number of aliphatic hydroxyl groups excluding tert-OH is 1. The molecule has 3 aliphatic heterocycles. The number of fused-ring (bicyclic) bond motifs is 7. The van der Waals surface area contributed by atoms with Gasteiger partial charge in [0.2, 0.25) is 5.95 Å². The molecule has 39 heavy (non-hydrogen) atoms. The molecule has 1 aromatic heterocycles. The zero-order chi connectivity index (χ0) is 27.4. The third-order valence-electron chi connectivity index (χ3n) is 7.78. The summed E-state index contributed by atoms with van der Waals surface area (Å²) in [5.41, 5.74) is 7.81. The Morgan fingerprint density at radius 2 is 1.85 bits per heavy atom. The van der Waals surface area contributed by atoms with Gasteiger partial charge in [0.1, 0.15) is 6.23 Å². The van der Waals surface area contributed by atoms with E-state index in [0.29, 0.717) is 12.0 Å². The molecule has 0 amide bonds. The van der Waals surface area contributed by atoms with Gasteiger partial charge in [-0.2, -0.15) is 0 Å². The van der Waals surface area contributed by atoms with Crippen LogP contribution in [-0.2, 0) is 13.1 Å². The second-order valence-corrected chi connectivity index (χ2v) is 11.5. The van der Waals surface area contributed by atoms with Gasteiger partial charge in [0.05, 0.1) is 5.69 Å². The molecule has 1 atom stereocenters. The molecule has 208 valence electrons. The summed E-state index contributed by atoms with van der Waals surface area (Å²) >= 11 is 0. The molecule has 3 aliphatic rings. The molecule has 6 rings (SSSR count). The Morgan fingerprint density at radius 1 is 1.03 bits per heavy atom. The summed E-state index contributed by atoms with van der Waals surface area (Å²) in [4.78, 5) is 14.2. The van der Waals surface area contributed by atoms with Crippen molar-refractivity contribution >= 4 is 17.3 Å². The van der Waals surface area contributed by atoms with Gasteiger partial charge in [0, 0.05) is 61.3 Å². The lowest BCUT2D eigenvalue weighted by Gasteiger charge is -2.34. The number of anilines is 3. The van der Waals surface area contributed by atoms with Gasteiger partial charge < -0.3 is 20.6 Å². The molecule has 1 unspecified atom stereocenters. The number of aryl methyl sites for hydroxylation is 1. The van der Waals surface area contributed by atoms with Gasteiger partial charge in [0.25, 0.3) is 0 Å². The maximum absolute atomic E-state index is 10.9. The molecule has 0 spiro atoms. The molecule has 0 aliphatic carbocycles. The lowest BCUT2D eigenvalue weighted by Crippen LogP contribution is -2.44. The number of aromatic nitrogens is 2. The van der Waals surface area contributed by atoms with Crippen LogP contribution < -0.4 is 16.0 Å². The van der Waals surface area contributed by atoms with E-state index in [0.717, 1.165) is 74.7 Å². The van der Waals surface area contributed by atoms with Crippen molar-refractivity contribution in [3.8, 4) is 11.3 Å². The highest BCUT2D eigenvalue weighted by molar-refractivity contribution is 5.66. The Bertz CT molecular complexity index is 1260. The fourth-order valence-electron chi connectivity index (χ4n) is 5.61. The average Bonchev–Trinajstić information content (AvgIpc) is 2.89. The van der Waals surface area contributed by atoms with Crippen molar-refractivity contribution in [3.05, 3.63) is 65.4 Å². The number of piperidine rings is 1. The van der Waals surface area contributed by atoms with Gasteiger partial charge in [-0.3, -0.25) is 10.2 Å². The lowest BCUT2D eigenvalue weighted by molar-refractivity contribution is 0.0329. The van der Waals surface area contributed by atoms with Crippen molar-refractivity contribution in [1.29, 1.82) is 0 Å². The number of benzene rings is 2.